The van der Waals surface area contributed by atoms with Gasteiger partial charge in [-0.3, -0.25) is 0 Å². The molecule has 0 fully saturated rings. The minimum Gasteiger partial charge on any atom is -0.496 e. The van der Waals surface area contributed by atoms with Gasteiger partial charge in [-0.15, -0.1) is 0 Å². The molecule has 0 aliphatic carbocycles. The SMILES string of the molecule is COc1ccc(OC)c(C(C)N)c1Br. The summed E-state index contributed by atoms with van der Waals surface area (Å²) >= 11 is 3.45. The fraction of sp³-hybridized carbons (Fsp3) is 0.400. The fourth-order valence-electron chi connectivity index (χ4n) is 1.32. The summed E-state index contributed by atoms with van der Waals surface area (Å²) in [5.74, 6) is 1.53. The van der Waals surface area contributed by atoms with Crippen molar-refractivity contribution in [3.63, 3.8) is 0 Å². The van der Waals surface area contributed by atoms with Crippen molar-refractivity contribution < 1.29 is 9.47 Å². The number of hydrogen-bond donors (Lipinski definition) is 1. The molecule has 78 valence electrons. The van der Waals surface area contributed by atoms with Crippen LogP contribution in [0.2, 0.25) is 0 Å². The fourth-order valence-corrected chi connectivity index (χ4v) is 2.17. The Morgan fingerprint density at radius 2 is 1.71 bits per heavy atom. The Balaban J connectivity index is 3.31. The topological polar surface area (TPSA) is 44.5 Å². The van der Waals surface area contributed by atoms with E-state index in [1.165, 1.54) is 0 Å². The number of halogens is 1. The van der Waals surface area contributed by atoms with Crippen molar-refractivity contribution in [1.29, 1.82) is 0 Å². The van der Waals surface area contributed by atoms with E-state index < -0.39 is 0 Å². The van der Waals surface area contributed by atoms with Crippen molar-refractivity contribution in [3.8, 4) is 11.5 Å². The highest BCUT2D eigenvalue weighted by atomic mass is 79.9. The average molecular weight is 260 g/mol. The molecule has 1 rings (SSSR count). The van der Waals surface area contributed by atoms with E-state index in [9.17, 15) is 0 Å². The molecule has 0 bridgehead atoms. The first-order valence-electron chi connectivity index (χ1n) is 4.27. The van der Waals surface area contributed by atoms with Gasteiger partial charge in [0.1, 0.15) is 11.5 Å². The second-order valence-corrected chi connectivity index (χ2v) is 3.78. The minimum atomic E-state index is -0.102. The number of methoxy groups -OCH3 is 2. The number of nitrogens with two attached hydrogens (primary N) is 1. The average Bonchev–Trinajstić information content (AvgIpc) is 2.16. The number of benzene rings is 1. The van der Waals surface area contributed by atoms with Gasteiger partial charge in [-0.2, -0.15) is 0 Å². The molecule has 0 aliphatic rings. The third-order valence-electron chi connectivity index (χ3n) is 2.00. The Morgan fingerprint density at radius 1 is 1.21 bits per heavy atom. The van der Waals surface area contributed by atoms with Crippen LogP contribution in [0, 0.1) is 0 Å². The van der Waals surface area contributed by atoms with Crippen LogP contribution in [0.25, 0.3) is 0 Å². The van der Waals surface area contributed by atoms with Crippen LogP contribution in [0.4, 0.5) is 0 Å². The van der Waals surface area contributed by atoms with Crippen molar-refractivity contribution in [2.45, 2.75) is 13.0 Å². The van der Waals surface area contributed by atoms with Gasteiger partial charge in [0.15, 0.2) is 0 Å². The summed E-state index contributed by atoms with van der Waals surface area (Å²) < 4.78 is 11.3. The van der Waals surface area contributed by atoms with Crippen molar-refractivity contribution in [3.05, 3.63) is 22.2 Å². The van der Waals surface area contributed by atoms with Gasteiger partial charge in [0.05, 0.1) is 18.7 Å². The van der Waals surface area contributed by atoms with E-state index in [0.717, 1.165) is 21.5 Å². The molecule has 1 atom stereocenters. The van der Waals surface area contributed by atoms with E-state index in [1.54, 1.807) is 14.2 Å². The van der Waals surface area contributed by atoms with E-state index in [2.05, 4.69) is 15.9 Å². The van der Waals surface area contributed by atoms with Crippen molar-refractivity contribution in [1.82, 2.24) is 0 Å². The summed E-state index contributed by atoms with van der Waals surface area (Å²) in [6.45, 7) is 1.90. The molecule has 4 heteroatoms. The highest BCUT2D eigenvalue weighted by molar-refractivity contribution is 9.10. The van der Waals surface area contributed by atoms with E-state index in [-0.39, 0.29) is 6.04 Å². The Hall–Kier alpha value is -0.740. The summed E-state index contributed by atoms with van der Waals surface area (Å²) in [7, 11) is 3.25. The second kappa shape index (κ2) is 4.66. The highest BCUT2D eigenvalue weighted by Crippen LogP contribution is 2.37. The molecule has 0 saturated carbocycles. The molecule has 0 aromatic heterocycles. The largest absolute Gasteiger partial charge is 0.496 e. The van der Waals surface area contributed by atoms with E-state index in [1.807, 2.05) is 19.1 Å². The van der Waals surface area contributed by atoms with Crippen LogP contribution in [-0.4, -0.2) is 14.2 Å². The summed E-state index contributed by atoms with van der Waals surface area (Å²) in [6.07, 6.45) is 0. The Bertz CT molecular complexity index is 326. The summed E-state index contributed by atoms with van der Waals surface area (Å²) in [5.41, 5.74) is 6.77. The molecule has 2 N–H and O–H groups in total. The van der Waals surface area contributed by atoms with Gasteiger partial charge < -0.3 is 15.2 Å². The first-order chi connectivity index (χ1) is 6.61. The maximum absolute atomic E-state index is 5.85. The first-order valence-corrected chi connectivity index (χ1v) is 5.07. The van der Waals surface area contributed by atoms with Crippen molar-refractivity contribution in [2.24, 2.45) is 5.73 Å². The molecular formula is C10H14BrNO2. The van der Waals surface area contributed by atoms with E-state index >= 15 is 0 Å². The molecule has 0 amide bonds. The van der Waals surface area contributed by atoms with E-state index in [0.29, 0.717) is 0 Å². The third-order valence-corrected chi connectivity index (χ3v) is 2.82. The van der Waals surface area contributed by atoms with Gasteiger partial charge in [-0.1, -0.05) is 0 Å². The number of ether oxygens (including phenoxy) is 2. The van der Waals surface area contributed by atoms with Gasteiger partial charge in [-0.25, -0.2) is 0 Å². The molecule has 1 aromatic carbocycles. The summed E-state index contributed by atoms with van der Waals surface area (Å²) in [4.78, 5) is 0. The lowest BCUT2D eigenvalue weighted by Crippen LogP contribution is -2.08. The standard InChI is InChI=1S/C10H14BrNO2/c1-6(12)9-7(13-2)4-5-8(14-3)10(9)11/h4-6H,12H2,1-3H3. The molecule has 0 aliphatic heterocycles. The first kappa shape index (κ1) is 11.3. The van der Waals surface area contributed by atoms with E-state index in [4.69, 9.17) is 15.2 Å². The van der Waals surface area contributed by atoms with Crippen LogP contribution in [0.3, 0.4) is 0 Å². The molecule has 0 spiro atoms. The normalized spacial score (nSPS) is 12.4. The van der Waals surface area contributed by atoms with Gasteiger partial charge in [-0.05, 0) is 35.0 Å². The summed E-state index contributed by atoms with van der Waals surface area (Å²) in [6, 6.07) is 3.59. The van der Waals surface area contributed by atoms with Crippen LogP contribution in [0.1, 0.15) is 18.5 Å². The molecule has 1 aromatic rings. The van der Waals surface area contributed by atoms with Crippen LogP contribution >= 0.6 is 15.9 Å². The van der Waals surface area contributed by atoms with Crippen molar-refractivity contribution in [2.75, 3.05) is 14.2 Å². The van der Waals surface area contributed by atoms with Crippen LogP contribution in [0.15, 0.2) is 16.6 Å². The number of rotatable bonds is 3. The zero-order valence-corrected chi connectivity index (χ0v) is 10.1. The molecular weight excluding hydrogens is 246 g/mol. The Kier molecular flexibility index (Phi) is 3.77. The van der Waals surface area contributed by atoms with Gasteiger partial charge in [0.2, 0.25) is 0 Å². The quantitative estimate of drug-likeness (QED) is 0.908. The predicted octanol–water partition coefficient (Wildman–Crippen LogP) is 2.49. The molecule has 3 nitrogen and oxygen atoms in total. The minimum absolute atomic E-state index is 0.102. The monoisotopic (exact) mass is 259 g/mol. The zero-order valence-electron chi connectivity index (χ0n) is 8.50. The zero-order chi connectivity index (χ0) is 10.7. The van der Waals surface area contributed by atoms with Crippen LogP contribution in [0.5, 0.6) is 11.5 Å². The lowest BCUT2D eigenvalue weighted by Gasteiger charge is -2.15. The smallest absolute Gasteiger partial charge is 0.133 e. The van der Waals surface area contributed by atoms with Crippen LogP contribution < -0.4 is 15.2 Å². The molecule has 14 heavy (non-hydrogen) atoms. The third kappa shape index (κ3) is 2.01. The maximum atomic E-state index is 5.85. The molecule has 1 unspecified atom stereocenters. The Morgan fingerprint density at radius 3 is 2.14 bits per heavy atom. The lowest BCUT2D eigenvalue weighted by molar-refractivity contribution is 0.394. The van der Waals surface area contributed by atoms with Crippen molar-refractivity contribution >= 4 is 15.9 Å². The second-order valence-electron chi connectivity index (χ2n) is 2.99. The Labute approximate surface area is 92.3 Å². The van der Waals surface area contributed by atoms with Gasteiger partial charge >= 0.3 is 0 Å². The van der Waals surface area contributed by atoms with Gasteiger partial charge in [0.25, 0.3) is 0 Å². The molecule has 0 radical (unpaired) electrons. The maximum Gasteiger partial charge on any atom is 0.133 e. The summed E-state index contributed by atoms with van der Waals surface area (Å²) in [5, 5.41) is 0. The highest BCUT2D eigenvalue weighted by Gasteiger charge is 2.15. The van der Waals surface area contributed by atoms with Crippen LogP contribution in [-0.2, 0) is 0 Å². The molecule has 0 saturated heterocycles. The molecule has 0 heterocycles. The lowest BCUT2D eigenvalue weighted by atomic mass is 10.1. The number of hydrogen-bond acceptors (Lipinski definition) is 3. The predicted molar refractivity (Wildman–Crippen MR) is 59.8 cm³/mol. The van der Waals surface area contributed by atoms with Gasteiger partial charge in [0, 0.05) is 11.6 Å².